The number of anilines is 2. The van der Waals surface area contributed by atoms with Gasteiger partial charge < -0.3 is 10.6 Å². The topological polar surface area (TPSA) is 41.1 Å². The molecule has 0 heterocycles. The molecular formula is C16H18N2O. The van der Waals surface area contributed by atoms with Crippen LogP contribution in [0.25, 0.3) is 0 Å². The third kappa shape index (κ3) is 3.85. The van der Waals surface area contributed by atoms with Crippen LogP contribution in [0.2, 0.25) is 0 Å². The molecule has 1 atom stereocenters. The van der Waals surface area contributed by atoms with Gasteiger partial charge in [-0.1, -0.05) is 30.3 Å². The second kappa shape index (κ2) is 6.05. The van der Waals surface area contributed by atoms with Crippen molar-refractivity contribution in [1.29, 1.82) is 0 Å². The van der Waals surface area contributed by atoms with Crippen LogP contribution in [0.15, 0.2) is 54.6 Å². The van der Waals surface area contributed by atoms with Crippen LogP contribution in [0.4, 0.5) is 11.4 Å². The number of rotatable bonds is 4. The Morgan fingerprint density at radius 2 is 1.68 bits per heavy atom. The van der Waals surface area contributed by atoms with Crippen LogP contribution < -0.4 is 10.6 Å². The van der Waals surface area contributed by atoms with E-state index in [0.29, 0.717) is 0 Å². The maximum absolute atomic E-state index is 11.1. The van der Waals surface area contributed by atoms with Crippen molar-refractivity contribution in [2.75, 3.05) is 10.6 Å². The number of hydrogen-bond donors (Lipinski definition) is 2. The molecule has 2 N–H and O–H groups in total. The number of benzene rings is 2. The van der Waals surface area contributed by atoms with Crippen molar-refractivity contribution in [3.05, 3.63) is 60.2 Å². The molecule has 98 valence electrons. The molecule has 0 aliphatic heterocycles. The molecule has 0 bridgehead atoms. The summed E-state index contributed by atoms with van der Waals surface area (Å²) in [6.45, 7) is 3.61. The number of hydrogen-bond acceptors (Lipinski definition) is 2. The Morgan fingerprint density at radius 3 is 2.37 bits per heavy atom. The van der Waals surface area contributed by atoms with Gasteiger partial charge in [-0.2, -0.15) is 0 Å². The minimum atomic E-state index is -0.0548. The van der Waals surface area contributed by atoms with Gasteiger partial charge in [-0.15, -0.1) is 0 Å². The molecule has 19 heavy (non-hydrogen) atoms. The Labute approximate surface area is 113 Å². The molecule has 3 heteroatoms. The average molecular weight is 254 g/mol. The number of carbonyl (C=O) groups excluding carboxylic acids is 1. The van der Waals surface area contributed by atoms with Crippen molar-refractivity contribution >= 4 is 17.3 Å². The van der Waals surface area contributed by atoms with Crippen LogP contribution >= 0.6 is 0 Å². The summed E-state index contributed by atoms with van der Waals surface area (Å²) in [5.41, 5.74) is 3.04. The van der Waals surface area contributed by atoms with Gasteiger partial charge in [0.05, 0.1) is 0 Å². The third-order valence-electron chi connectivity index (χ3n) is 2.86. The summed E-state index contributed by atoms with van der Waals surface area (Å²) in [4.78, 5) is 11.1. The lowest BCUT2D eigenvalue weighted by Crippen LogP contribution is -2.09. The molecule has 0 aliphatic carbocycles. The number of para-hydroxylation sites is 1. The van der Waals surface area contributed by atoms with E-state index in [1.54, 1.807) is 0 Å². The Hall–Kier alpha value is -2.29. The molecular weight excluding hydrogens is 236 g/mol. The highest BCUT2D eigenvalue weighted by atomic mass is 16.1. The van der Waals surface area contributed by atoms with Gasteiger partial charge in [0.1, 0.15) is 0 Å². The monoisotopic (exact) mass is 254 g/mol. The summed E-state index contributed by atoms with van der Waals surface area (Å²) >= 11 is 0. The van der Waals surface area contributed by atoms with Gasteiger partial charge in [0.15, 0.2) is 0 Å². The van der Waals surface area contributed by atoms with Crippen molar-refractivity contribution < 1.29 is 4.79 Å². The van der Waals surface area contributed by atoms with Crippen LogP contribution in [0.5, 0.6) is 0 Å². The maximum atomic E-state index is 11.1. The lowest BCUT2D eigenvalue weighted by Gasteiger charge is -2.16. The summed E-state index contributed by atoms with van der Waals surface area (Å²) in [6, 6.07) is 18.1. The fourth-order valence-electron chi connectivity index (χ4n) is 1.96. The van der Waals surface area contributed by atoms with E-state index in [1.165, 1.54) is 6.92 Å². The normalized spacial score (nSPS) is 11.7. The van der Waals surface area contributed by atoms with Crippen LogP contribution in [-0.4, -0.2) is 5.91 Å². The minimum absolute atomic E-state index is 0.0548. The predicted octanol–water partition coefficient (Wildman–Crippen LogP) is 3.82. The Morgan fingerprint density at radius 1 is 1.00 bits per heavy atom. The summed E-state index contributed by atoms with van der Waals surface area (Å²) in [6.07, 6.45) is 0. The van der Waals surface area contributed by atoms with E-state index in [1.807, 2.05) is 54.6 Å². The van der Waals surface area contributed by atoms with Gasteiger partial charge in [0.25, 0.3) is 0 Å². The van der Waals surface area contributed by atoms with Crippen LogP contribution in [0.1, 0.15) is 25.5 Å². The lowest BCUT2D eigenvalue weighted by atomic mass is 10.1. The molecule has 1 amide bonds. The first-order valence-corrected chi connectivity index (χ1v) is 6.34. The highest BCUT2D eigenvalue weighted by molar-refractivity contribution is 5.88. The molecule has 2 rings (SSSR count). The zero-order chi connectivity index (χ0) is 13.7. The first kappa shape index (κ1) is 13.1. The van der Waals surface area contributed by atoms with Crippen LogP contribution in [-0.2, 0) is 4.79 Å². The van der Waals surface area contributed by atoms with Crippen molar-refractivity contribution in [1.82, 2.24) is 0 Å². The molecule has 2 aromatic carbocycles. The number of nitrogens with one attached hydrogen (secondary N) is 2. The smallest absolute Gasteiger partial charge is 0.221 e. The van der Waals surface area contributed by atoms with Crippen molar-refractivity contribution in [2.24, 2.45) is 0 Å². The van der Waals surface area contributed by atoms with E-state index in [4.69, 9.17) is 0 Å². The molecule has 0 fully saturated rings. The highest BCUT2D eigenvalue weighted by Gasteiger charge is 2.06. The van der Waals surface area contributed by atoms with Gasteiger partial charge in [-0.05, 0) is 36.8 Å². The second-order valence-electron chi connectivity index (χ2n) is 4.54. The molecule has 3 nitrogen and oxygen atoms in total. The molecule has 0 radical (unpaired) electrons. The Balaban J connectivity index is 2.10. The highest BCUT2D eigenvalue weighted by Crippen LogP contribution is 2.21. The van der Waals surface area contributed by atoms with Gasteiger partial charge in [0, 0.05) is 24.3 Å². The average Bonchev–Trinajstić information content (AvgIpc) is 2.39. The first-order valence-electron chi connectivity index (χ1n) is 6.34. The van der Waals surface area contributed by atoms with E-state index in [9.17, 15) is 4.79 Å². The number of carbonyl (C=O) groups is 1. The van der Waals surface area contributed by atoms with Gasteiger partial charge >= 0.3 is 0 Å². The van der Waals surface area contributed by atoms with Crippen molar-refractivity contribution in [2.45, 2.75) is 19.9 Å². The summed E-state index contributed by atoms with van der Waals surface area (Å²) in [5.74, 6) is -0.0548. The molecule has 1 unspecified atom stereocenters. The van der Waals surface area contributed by atoms with Crippen LogP contribution in [0.3, 0.4) is 0 Å². The lowest BCUT2D eigenvalue weighted by molar-refractivity contribution is -0.114. The van der Waals surface area contributed by atoms with E-state index >= 15 is 0 Å². The molecule has 2 aromatic rings. The van der Waals surface area contributed by atoms with Crippen molar-refractivity contribution in [3.63, 3.8) is 0 Å². The molecule has 0 saturated carbocycles. The van der Waals surface area contributed by atoms with E-state index < -0.39 is 0 Å². The SMILES string of the molecule is CC(=O)Nc1cccc(C(C)Nc2ccccc2)c1. The summed E-state index contributed by atoms with van der Waals surface area (Å²) in [7, 11) is 0. The fraction of sp³-hybridized carbons (Fsp3) is 0.188. The Kier molecular flexibility index (Phi) is 4.18. The molecule has 0 aromatic heterocycles. The van der Waals surface area contributed by atoms with Gasteiger partial charge in [0.2, 0.25) is 5.91 Å². The third-order valence-corrected chi connectivity index (χ3v) is 2.86. The zero-order valence-corrected chi connectivity index (χ0v) is 11.2. The number of amides is 1. The Bertz CT molecular complexity index is 552. The van der Waals surface area contributed by atoms with E-state index in [0.717, 1.165) is 16.9 Å². The predicted molar refractivity (Wildman–Crippen MR) is 79.2 cm³/mol. The molecule has 0 saturated heterocycles. The fourth-order valence-corrected chi connectivity index (χ4v) is 1.96. The van der Waals surface area contributed by atoms with Gasteiger partial charge in [-0.3, -0.25) is 4.79 Å². The summed E-state index contributed by atoms with van der Waals surface area (Å²) in [5, 5.41) is 6.22. The van der Waals surface area contributed by atoms with Gasteiger partial charge in [-0.25, -0.2) is 0 Å². The molecule has 0 spiro atoms. The minimum Gasteiger partial charge on any atom is -0.379 e. The largest absolute Gasteiger partial charge is 0.379 e. The molecule has 0 aliphatic rings. The maximum Gasteiger partial charge on any atom is 0.221 e. The standard InChI is InChI=1S/C16H18N2O/c1-12(17-15-8-4-3-5-9-15)14-7-6-10-16(11-14)18-13(2)19/h3-12,17H,1-2H3,(H,18,19). The van der Waals surface area contributed by atoms with Crippen LogP contribution in [0, 0.1) is 0 Å². The van der Waals surface area contributed by atoms with Crippen molar-refractivity contribution in [3.8, 4) is 0 Å². The first-order chi connectivity index (χ1) is 9.15. The summed E-state index contributed by atoms with van der Waals surface area (Å²) < 4.78 is 0. The quantitative estimate of drug-likeness (QED) is 0.871. The van der Waals surface area contributed by atoms with E-state index in [2.05, 4.69) is 17.6 Å². The van der Waals surface area contributed by atoms with E-state index in [-0.39, 0.29) is 11.9 Å². The second-order valence-corrected chi connectivity index (χ2v) is 4.54. The zero-order valence-electron chi connectivity index (χ0n) is 11.2.